The quantitative estimate of drug-likeness (QED) is 0.521. The molecule has 4 atom stereocenters. The molecule has 18 heavy (non-hydrogen) atoms. The first-order valence-electron chi connectivity index (χ1n) is 7.62. The van der Waals surface area contributed by atoms with Crippen LogP contribution < -0.4 is 0 Å². The molecule has 2 rings (SSSR count). The summed E-state index contributed by atoms with van der Waals surface area (Å²) in [6.07, 6.45) is 1.37. The van der Waals surface area contributed by atoms with Crippen molar-refractivity contribution in [2.75, 3.05) is 0 Å². The molecular formula is C18H30. The summed E-state index contributed by atoms with van der Waals surface area (Å²) < 4.78 is 0. The van der Waals surface area contributed by atoms with Gasteiger partial charge in [-0.25, -0.2) is 0 Å². The molecule has 102 valence electrons. The molecule has 0 N–H and O–H groups in total. The van der Waals surface area contributed by atoms with Crippen molar-refractivity contribution in [2.24, 2.45) is 29.1 Å². The topological polar surface area (TPSA) is 0 Å². The normalized spacial score (nSPS) is 40.0. The highest BCUT2D eigenvalue weighted by atomic mass is 14.5. The zero-order valence-electron chi connectivity index (χ0n) is 13.5. The second-order valence-electron chi connectivity index (χ2n) is 7.47. The maximum atomic E-state index is 2.45. The average molecular weight is 246 g/mol. The molecule has 0 aromatic carbocycles. The van der Waals surface area contributed by atoms with Gasteiger partial charge in [0.15, 0.2) is 0 Å². The molecule has 0 spiro atoms. The molecule has 0 nitrogen and oxygen atoms in total. The Morgan fingerprint density at radius 1 is 0.778 bits per heavy atom. The minimum atomic E-state index is 0.282. The summed E-state index contributed by atoms with van der Waals surface area (Å²) in [5, 5.41) is 0. The molecule has 0 amide bonds. The number of fused-ring (bicyclic) bond motifs is 1. The van der Waals surface area contributed by atoms with Crippen molar-refractivity contribution in [3.63, 3.8) is 0 Å². The third-order valence-electron chi connectivity index (χ3n) is 6.33. The van der Waals surface area contributed by atoms with Crippen LogP contribution in [-0.2, 0) is 0 Å². The summed E-state index contributed by atoms with van der Waals surface area (Å²) >= 11 is 0. The van der Waals surface area contributed by atoms with E-state index in [1.54, 1.807) is 22.3 Å². The van der Waals surface area contributed by atoms with Crippen molar-refractivity contribution < 1.29 is 0 Å². The fourth-order valence-electron chi connectivity index (χ4n) is 4.10. The zero-order chi connectivity index (χ0) is 13.8. The van der Waals surface area contributed by atoms with Gasteiger partial charge in [0.2, 0.25) is 0 Å². The lowest BCUT2D eigenvalue weighted by Crippen LogP contribution is -2.16. The Morgan fingerprint density at radius 2 is 1.11 bits per heavy atom. The maximum absolute atomic E-state index is 2.45. The number of hydrogen-bond acceptors (Lipinski definition) is 0. The lowest BCUT2D eigenvalue weighted by atomic mass is 9.78. The van der Waals surface area contributed by atoms with Gasteiger partial charge in [0.25, 0.3) is 0 Å². The number of hydrogen-bond donors (Lipinski definition) is 0. The van der Waals surface area contributed by atoms with E-state index in [-0.39, 0.29) is 5.41 Å². The molecule has 4 unspecified atom stereocenters. The van der Waals surface area contributed by atoms with E-state index in [9.17, 15) is 0 Å². The van der Waals surface area contributed by atoms with Crippen LogP contribution in [0.5, 0.6) is 0 Å². The van der Waals surface area contributed by atoms with Crippen LogP contribution in [0.25, 0.3) is 0 Å². The highest BCUT2D eigenvalue weighted by Gasteiger charge is 2.42. The monoisotopic (exact) mass is 246 g/mol. The minimum Gasteiger partial charge on any atom is -0.0619 e. The Bertz CT molecular complexity index is 381. The summed E-state index contributed by atoms with van der Waals surface area (Å²) in [5.41, 5.74) is 6.97. The van der Waals surface area contributed by atoms with E-state index in [2.05, 4.69) is 55.4 Å². The number of rotatable bonds is 0. The third kappa shape index (κ3) is 1.72. The van der Waals surface area contributed by atoms with Crippen molar-refractivity contribution in [3.8, 4) is 0 Å². The molecule has 0 saturated heterocycles. The molecule has 0 heterocycles. The SMILES string of the molecule is CC1=C2C(=C(C)C1(C)C)C(C)C(C)CC(C)C2C. The lowest BCUT2D eigenvalue weighted by Gasteiger charge is -2.26. The van der Waals surface area contributed by atoms with Crippen LogP contribution in [0.1, 0.15) is 61.8 Å². The molecule has 0 aliphatic heterocycles. The van der Waals surface area contributed by atoms with Crippen LogP contribution in [-0.4, -0.2) is 0 Å². The zero-order valence-corrected chi connectivity index (χ0v) is 13.5. The van der Waals surface area contributed by atoms with Crippen molar-refractivity contribution in [1.29, 1.82) is 0 Å². The van der Waals surface area contributed by atoms with Crippen LogP contribution in [0, 0.1) is 29.1 Å². The van der Waals surface area contributed by atoms with Crippen molar-refractivity contribution in [3.05, 3.63) is 22.3 Å². The first kappa shape index (κ1) is 13.9. The summed E-state index contributed by atoms with van der Waals surface area (Å²) in [6.45, 7) is 19.3. The Morgan fingerprint density at radius 3 is 1.44 bits per heavy atom. The van der Waals surface area contributed by atoms with Gasteiger partial charge >= 0.3 is 0 Å². The van der Waals surface area contributed by atoms with E-state index >= 15 is 0 Å². The smallest absolute Gasteiger partial charge is 0.00705 e. The van der Waals surface area contributed by atoms with E-state index in [1.165, 1.54) is 6.42 Å². The van der Waals surface area contributed by atoms with Crippen LogP contribution in [0.2, 0.25) is 0 Å². The Kier molecular flexibility index (Phi) is 3.28. The molecule has 2 aliphatic carbocycles. The van der Waals surface area contributed by atoms with E-state index in [0.717, 1.165) is 23.7 Å². The van der Waals surface area contributed by atoms with E-state index < -0.39 is 0 Å². The number of allylic oxidation sites excluding steroid dienone is 4. The van der Waals surface area contributed by atoms with Crippen molar-refractivity contribution in [2.45, 2.75) is 61.8 Å². The van der Waals surface area contributed by atoms with Gasteiger partial charge in [-0.3, -0.25) is 0 Å². The Labute approximate surface area is 114 Å². The first-order chi connectivity index (χ1) is 8.19. The predicted octanol–water partition coefficient (Wildman–Crippen LogP) is 5.61. The Hall–Kier alpha value is -0.520. The van der Waals surface area contributed by atoms with Crippen LogP contribution in [0.3, 0.4) is 0 Å². The molecule has 2 aliphatic rings. The van der Waals surface area contributed by atoms with Gasteiger partial charge < -0.3 is 0 Å². The minimum absolute atomic E-state index is 0.282. The Balaban J connectivity index is 2.65. The molecule has 0 aromatic heterocycles. The standard InChI is InChI=1S/C18H30/c1-10-9-11(2)13(4)17-15(6)18(7,8)14(5)16(17)12(10)3/h10-13H,9H2,1-8H3. The molecule has 0 heteroatoms. The summed E-state index contributed by atoms with van der Waals surface area (Å²) in [5.74, 6) is 3.08. The maximum Gasteiger partial charge on any atom is 0.00705 e. The van der Waals surface area contributed by atoms with E-state index in [4.69, 9.17) is 0 Å². The molecular weight excluding hydrogens is 216 g/mol. The second-order valence-corrected chi connectivity index (χ2v) is 7.47. The fraction of sp³-hybridized carbons (Fsp3) is 0.778. The highest BCUT2D eigenvalue weighted by Crippen LogP contribution is 2.55. The summed E-state index contributed by atoms with van der Waals surface area (Å²) in [4.78, 5) is 0. The van der Waals surface area contributed by atoms with E-state index in [0.29, 0.717) is 0 Å². The molecule has 0 aromatic rings. The van der Waals surface area contributed by atoms with Gasteiger partial charge in [0.1, 0.15) is 0 Å². The van der Waals surface area contributed by atoms with Gasteiger partial charge in [-0.15, -0.1) is 0 Å². The molecule has 1 saturated carbocycles. The van der Waals surface area contributed by atoms with Gasteiger partial charge in [0, 0.05) is 5.41 Å². The largest absolute Gasteiger partial charge is 0.0619 e. The predicted molar refractivity (Wildman–Crippen MR) is 80.5 cm³/mol. The molecule has 0 bridgehead atoms. The van der Waals surface area contributed by atoms with Crippen LogP contribution >= 0.6 is 0 Å². The van der Waals surface area contributed by atoms with Crippen LogP contribution in [0.4, 0.5) is 0 Å². The van der Waals surface area contributed by atoms with Gasteiger partial charge in [-0.1, -0.05) is 52.7 Å². The summed E-state index contributed by atoms with van der Waals surface area (Å²) in [7, 11) is 0. The van der Waals surface area contributed by atoms with E-state index in [1.807, 2.05) is 0 Å². The van der Waals surface area contributed by atoms with Gasteiger partial charge in [-0.2, -0.15) is 0 Å². The molecule has 0 radical (unpaired) electrons. The molecule has 1 fully saturated rings. The van der Waals surface area contributed by atoms with Crippen molar-refractivity contribution >= 4 is 0 Å². The average Bonchev–Trinajstić information content (AvgIpc) is 2.42. The lowest BCUT2D eigenvalue weighted by molar-refractivity contribution is 0.329. The van der Waals surface area contributed by atoms with Crippen LogP contribution in [0.15, 0.2) is 22.3 Å². The highest BCUT2D eigenvalue weighted by molar-refractivity contribution is 5.54. The second kappa shape index (κ2) is 4.25. The third-order valence-corrected chi connectivity index (χ3v) is 6.33. The van der Waals surface area contributed by atoms with Gasteiger partial charge in [0.05, 0.1) is 0 Å². The van der Waals surface area contributed by atoms with Crippen molar-refractivity contribution in [1.82, 2.24) is 0 Å². The fourth-order valence-corrected chi connectivity index (χ4v) is 4.10. The van der Waals surface area contributed by atoms with Gasteiger partial charge in [-0.05, 0) is 55.1 Å². The first-order valence-corrected chi connectivity index (χ1v) is 7.62. The summed E-state index contributed by atoms with van der Waals surface area (Å²) in [6, 6.07) is 0.